The highest BCUT2D eigenvalue weighted by Gasteiger charge is 2.27. The second-order valence-electron chi connectivity index (χ2n) is 7.15. The van der Waals surface area contributed by atoms with Crippen molar-refractivity contribution in [2.75, 3.05) is 7.11 Å². The molecule has 0 amide bonds. The molecule has 0 saturated carbocycles. The molecule has 0 aliphatic carbocycles. The number of benzene rings is 1. The van der Waals surface area contributed by atoms with E-state index < -0.39 is 11.0 Å². The molecule has 0 spiro atoms. The number of fused-ring (bicyclic) bond motifs is 1. The van der Waals surface area contributed by atoms with E-state index in [2.05, 4.69) is 31.2 Å². The van der Waals surface area contributed by atoms with Gasteiger partial charge in [0.2, 0.25) is 5.78 Å². The summed E-state index contributed by atoms with van der Waals surface area (Å²) in [5.41, 5.74) is 5.24. The molecule has 0 aliphatic rings. The van der Waals surface area contributed by atoms with Crippen LogP contribution < -0.4 is 4.74 Å². The van der Waals surface area contributed by atoms with Crippen molar-refractivity contribution >= 4 is 28.1 Å². The van der Waals surface area contributed by atoms with Crippen LogP contribution in [0.5, 0.6) is 5.75 Å². The minimum atomic E-state index is -0.982. The van der Waals surface area contributed by atoms with E-state index in [4.69, 9.17) is 16.3 Å². The molecule has 2 heterocycles. The van der Waals surface area contributed by atoms with Gasteiger partial charge >= 0.3 is 0 Å². The molecule has 2 aromatic heterocycles. The summed E-state index contributed by atoms with van der Waals surface area (Å²) in [4.78, 5) is 24.4. The summed E-state index contributed by atoms with van der Waals surface area (Å²) in [6.45, 7) is 4.17. The minimum Gasteiger partial charge on any atom is -0.495 e. The van der Waals surface area contributed by atoms with Crippen LogP contribution in [0, 0.1) is 0 Å². The van der Waals surface area contributed by atoms with Crippen molar-refractivity contribution in [3.63, 3.8) is 0 Å². The quantitative estimate of drug-likeness (QED) is 0.269. The number of Topliss-reactive ketones (excluding diaryl/α,β-unsaturated/α-hetero) is 1. The average molecular weight is 412 g/mol. The lowest BCUT2D eigenvalue weighted by atomic mass is 9.98. The Labute approximate surface area is 176 Å². The van der Waals surface area contributed by atoms with Crippen molar-refractivity contribution in [3.8, 4) is 5.75 Å². The largest absolute Gasteiger partial charge is 0.495 e. The van der Waals surface area contributed by atoms with Gasteiger partial charge in [0.25, 0.3) is 5.24 Å². The zero-order valence-corrected chi connectivity index (χ0v) is 17.9. The highest BCUT2D eigenvalue weighted by atomic mass is 35.5. The van der Waals surface area contributed by atoms with Crippen LogP contribution in [0.15, 0.2) is 42.6 Å². The van der Waals surface area contributed by atoms with Gasteiger partial charge in [0.1, 0.15) is 5.75 Å². The van der Waals surface area contributed by atoms with E-state index in [1.54, 1.807) is 13.2 Å². The van der Waals surface area contributed by atoms with Crippen LogP contribution in [0.3, 0.4) is 0 Å². The van der Waals surface area contributed by atoms with Crippen LogP contribution in [0.1, 0.15) is 59.4 Å². The first-order chi connectivity index (χ1) is 14.0. The van der Waals surface area contributed by atoms with Gasteiger partial charge in [-0.15, -0.1) is 0 Å². The Morgan fingerprint density at radius 3 is 2.34 bits per heavy atom. The summed E-state index contributed by atoms with van der Waals surface area (Å²) < 4.78 is 7.44. The molecule has 0 saturated heterocycles. The highest BCUT2D eigenvalue weighted by Crippen LogP contribution is 2.33. The lowest BCUT2D eigenvalue weighted by Crippen LogP contribution is -2.10. The Morgan fingerprint density at radius 1 is 1.07 bits per heavy atom. The summed E-state index contributed by atoms with van der Waals surface area (Å²) in [6, 6.07) is 12.3. The third-order valence-corrected chi connectivity index (χ3v) is 5.50. The molecule has 29 heavy (non-hydrogen) atoms. The van der Waals surface area contributed by atoms with E-state index in [1.165, 1.54) is 18.4 Å². The minimum absolute atomic E-state index is 0.347. The Morgan fingerprint density at radius 2 is 1.76 bits per heavy atom. The molecule has 1 aromatic carbocycles. The van der Waals surface area contributed by atoms with Crippen LogP contribution in [0.2, 0.25) is 0 Å². The third kappa shape index (κ3) is 4.23. The van der Waals surface area contributed by atoms with Gasteiger partial charge in [-0.05, 0) is 59.7 Å². The summed E-state index contributed by atoms with van der Waals surface area (Å²) in [5, 5.41) is -0.982. The third-order valence-electron chi connectivity index (χ3n) is 5.33. The van der Waals surface area contributed by atoms with E-state index in [-0.39, 0.29) is 0 Å². The maximum Gasteiger partial charge on any atom is 0.293 e. The lowest BCUT2D eigenvalue weighted by molar-refractivity contribution is -0.108. The number of carbonyl (C=O) groups is 2. The molecule has 4 nitrogen and oxygen atoms in total. The molecule has 0 fully saturated rings. The molecular formula is C24H26ClNO3. The van der Waals surface area contributed by atoms with Crippen LogP contribution in [0.4, 0.5) is 0 Å². The number of ketones is 1. The Hall–Kier alpha value is -2.59. The van der Waals surface area contributed by atoms with Gasteiger partial charge in [-0.2, -0.15) is 0 Å². The number of nitrogens with zero attached hydrogens (tertiary/aromatic N) is 1. The number of pyridine rings is 1. The van der Waals surface area contributed by atoms with Crippen molar-refractivity contribution in [1.29, 1.82) is 0 Å². The van der Waals surface area contributed by atoms with Gasteiger partial charge < -0.3 is 9.14 Å². The maximum atomic E-state index is 12.7. The fourth-order valence-electron chi connectivity index (χ4n) is 3.87. The first-order valence-electron chi connectivity index (χ1n) is 10.0. The average Bonchev–Trinajstić information content (AvgIpc) is 3.05. The molecule has 0 N–H and O–H groups in total. The van der Waals surface area contributed by atoms with Gasteiger partial charge in [-0.1, -0.05) is 44.5 Å². The van der Waals surface area contributed by atoms with Crippen LogP contribution in [-0.2, 0) is 24.1 Å². The predicted molar refractivity (Wildman–Crippen MR) is 116 cm³/mol. The number of unbranched alkanes of at least 4 members (excludes halogenated alkanes) is 1. The number of aromatic nitrogens is 1. The Bertz CT molecular complexity index is 1030. The van der Waals surface area contributed by atoms with E-state index in [1.807, 2.05) is 23.6 Å². The van der Waals surface area contributed by atoms with Crippen LogP contribution in [-0.4, -0.2) is 22.5 Å². The molecule has 0 unspecified atom stereocenters. The summed E-state index contributed by atoms with van der Waals surface area (Å²) in [7, 11) is 1.55. The molecule has 0 aliphatic heterocycles. The summed E-state index contributed by atoms with van der Waals surface area (Å²) >= 11 is 5.58. The smallest absolute Gasteiger partial charge is 0.293 e. The number of aryl methyl sites for hydroxylation is 1. The Kier molecular flexibility index (Phi) is 6.75. The van der Waals surface area contributed by atoms with E-state index in [0.717, 1.165) is 23.2 Å². The first kappa shape index (κ1) is 21.1. The molecule has 0 bridgehead atoms. The van der Waals surface area contributed by atoms with Gasteiger partial charge in [-0.25, -0.2) is 0 Å². The van der Waals surface area contributed by atoms with Crippen molar-refractivity contribution < 1.29 is 14.3 Å². The van der Waals surface area contributed by atoms with E-state index in [0.29, 0.717) is 29.7 Å². The van der Waals surface area contributed by atoms with Crippen molar-refractivity contribution in [1.82, 2.24) is 4.40 Å². The van der Waals surface area contributed by atoms with Gasteiger partial charge in [0.05, 0.1) is 18.2 Å². The van der Waals surface area contributed by atoms with Gasteiger partial charge in [0, 0.05) is 18.3 Å². The molecule has 152 valence electrons. The highest BCUT2D eigenvalue weighted by molar-refractivity contribution is 6.83. The normalized spacial score (nSPS) is 11.0. The monoisotopic (exact) mass is 411 g/mol. The molecule has 3 aromatic rings. The lowest BCUT2D eigenvalue weighted by Gasteiger charge is -2.08. The number of hydrogen-bond donors (Lipinski definition) is 0. The van der Waals surface area contributed by atoms with E-state index in [9.17, 15) is 9.59 Å². The second-order valence-corrected chi connectivity index (χ2v) is 7.49. The zero-order chi connectivity index (χ0) is 21.0. The zero-order valence-electron chi connectivity index (χ0n) is 17.1. The van der Waals surface area contributed by atoms with Crippen molar-refractivity contribution in [3.05, 3.63) is 70.5 Å². The summed E-state index contributed by atoms with van der Waals surface area (Å²) in [5.74, 6) is -0.142. The number of rotatable bonds is 9. The number of hydrogen-bond acceptors (Lipinski definition) is 3. The maximum absolute atomic E-state index is 12.7. The summed E-state index contributed by atoms with van der Waals surface area (Å²) in [6.07, 6.45) is 6.60. The van der Waals surface area contributed by atoms with Crippen LogP contribution in [0.25, 0.3) is 5.52 Å². The number of methoxy groups -OCH3 is 1. The SMILES string of the molecule is CCCCc1ccc(Cc2c(CC)c(C(=O)C(=O)Cl)c3c(OC)cccn23)cc1. The second kappa shape index (κ2) is 9.27. The molecular weight excluding hydrogens is 386 g/mol. The standard InChI is InChI=1S/C24H26ClNO3/c1-4-6-8-16-10-12-17(13-11-16)15-19-18(5-2)21(23(27)24(25)28)22-20(29-3)9-7-14-26(19)22/h7,9-14H,4-6,8,15H2,1-3H3. The fourth-order valence-corrected chi connectivity index (χ4v) is 3.96. The molecule has 3 rings (SSSR count). The first-order valence-corrected chi connectivity index (χ1v) is 10.4. The van der Waals surface area contributed by atoms with Crippen LogP contribution >= 0.6 is 11.6 Å². The van der Waals surface area contributed by atoms with E-state index >= 15 is 0 Å². The van der Waals surface area contributed by atoms with Gasteiger partial charge in [-0.3, -0.25) is 9.59 Å². The van der Waals surface area contributed by atoms with Crippen molar-refractivity contribution in [2.45, 2.75) is 46.0 Å². The number of carbonyl (C=O) groups excluding carboxylic acids is 2. The number of ether oxygens (including phenoxy) is 1. The molecule has 0 radical (unpaired) electrons. The Balaban J connectivity index is 2.12. The van der Waals surface area contributed by atoms with Crippen molar-refractivity contribution in [2.24, 2.45) is 0 Å². The predicted octanol–water partition coefficient (Wildman–Crippen LogP) is 5.39. The van der Waals surface area contributed by atoms with Gasteiger partial charge in [0.15, 0.2) is 0 Å². The topological polar surface area (TPSA) is 47.8 Å². The molecule has 0 atom stereocenters. The fraction of sp³-hybridized carbons (Fsp3) is 0.333. The number of halogens is 1. The molecule has 5 heteroatoms.